The van der Waals surface area contributed by atoms with E-state index in [9.17, 15) is 4.79 Å². The largest absolute Gasteiger partial charge is 0.293 e. The molecule has 0 aliphatic rings. The summed E-state index contributed by atoms with van der Waals surface area (Å²) in [6.45, 7) is 3.95. The lowest BCUT2D eigenvalue weighted by molar-refractivity contribution is 0.102. The van der Waals surface area contributed by atoms with E-state index >= 15 is 0 Å². The molecule has 0 unspecified atom stereocenters. The molecule has 2 aromatic heterocycles. The molecule has 116 valence electrons. The van der Waals surface area contributed by atoms with Crippen LogP contribution in [-0.4, -0.2) is 26.7 Å². The van der Waals surface area contributed by atoms with Crippen LogP contribution in [0.2, 0.25) is 0 Å². The number of thiazole rings is 1. The third-order valence-electron chi connectivity index (χ3n) is 3.22. The van der Waals surface area contributed by atoms with Gasteiger partial charge in [0.2, 0.25) is 0 Å². The molecule has 4 nitrogen and oxygen atoms in total. The van der Waals surface area contributed by atoms with E-state index in [1.165, 1.54) is 11.8 Å². The summed E-state index contributed by atoms with van der Waals surface area (Å²) in [4.78, 5) is 17.5. The van der Waals surface area contributed by atoms with Crippen LogP contribution >= 0.6 is 23.1 Å². The fourth-order valence-electron chi connectivity index (χ4n) is 2.13. The fraction of sp³-hybridized carbons (Fsp3) is 0.176. The number of nitrogens with zero attached hydrogens (tertiary/aromatic N) is 3. The molecule has 0 amide bonds. The number of carbonyl (C=O) groups is 1. The number of hydrogen-bond acceptors (Lipinski definition) is 6. The molecular weight excluding hydrogens is 326 g/mol. The fourth-order valence-corrected chi connectivity index (χ4v) is 3.73. The second-order valence-electron chi connectivity index (χ2n) is 4.98. The van der Waals surface area contributed by atoms with Gasteiger partial charge in [-0.2, -0.15) is 0 Å². The van der Waals surface area contributed by atoms with E-state index in [0.717, 1.165) is 31.9 Å². The van der Waals surface area contributed by atoms with E-state index in [1.807, 2.05) is 56.3 Å². The van der Waals surface area contributed by atoms with Crippen LogP contribution in [0.1, 0.15) is 21.1 Å². The molecule has 3 rings (SSSR count). The van der Waals surface area contributed by atoms with Gasteiger partial charge in [-0.1, -0.05) is 42.1 Å². The maximum absolute atomic E-state index is 12.1. The predicted molar refractivity (Wildman–Crippen MR) is 94.1 cm³/mol. The average molecular weight is 341 g/mol. The van der Waals surface area contributed by atoms with E-state index in [0.29, 0.717) is 5.75 Å². The van der Waals surface area contributed by atoms with Crippen molar-refractivity contribution in [3.8, 4) is 10.6 Å². The number of Topliss-reactive ketones (excluding diaryl/α,β-unsaturated/α-hetero) is 1. The molecule has 0 aliphatic heterocycles. The van der Waals surface area contributed by atoms with Crippen molar-refractivity contribution in [3.63, 3.8) is 0 Å². The molecule has 3 aromatic rings. The minimum atomic E-state index is 0.0930. The molecule has 6 heteroatoms. The number of thioether (sulfide) groups is 1. The van der Waals surface area contributed by atoms with Gasteiger partial charge in [-0.05, 0) is 26.0 Å². The second-order valence-corrected chi connectivity index (χ2v) is 7.18. The van der Waals surface area contributed by atoms with Crippen molar-refractivity contribution < 1.29 is 4.79 Å². The summed E-state index contributed by atoms with van der Waals surface area (Å²) in [5.74, 6) is 0.451. The van der Waals surface area contributed by atoms with Gasteiger partial charge in [-0.15, -0.1) is 21.5 Å². The van der Waals surface area contributed by atoms with Crippen LogP contribution in [0.5, 0.6) is 0 Å². The first-order valence-electron chi connectivity index (χ1n) is 7.12. The lowest BCUT2D eigenvalue weighted by Crippen LogP contribution is -2.02. The average Bonchev–Trinajstić information content (AvgIpc) is 2.92. The van der Waals surface area contributed by atoms with Crippen LogP contribution in [0.3, 0.4) is 0 Å². The van der Waals surface area contributed by atoms with Crippen LogP contribution < -0.4 is 0 Å². The standard InChI is InChI=1S/C17H15N3OS2/c1-11-17(23-12(2)18-11)14-8-9-16(20-19-14)22-10-15(21)13-6-4-3-5-7-13/h3-9H,10H2,1-2H3. The van der Waals surface area contributed by atoms with Crippen LogP contribution in [0.4, 0.5) is 0 Å². The highest BCUT2D eigenvalue weighted by atomic mass is 32.2. The summed E-state index contributed by atoms with van der Waals surface area (Å²) in [6.07, 6.45) is 0. The Bertz CT molecular complexity index is 814. The molecule has 2 heterocycles. The first-order valence-corrected chi connectivity index (χ1v) is 8.93. The zero-order valence-electron chi connectivity index (χ0n) is 12.8. The number of hydrogen-bond donors (Lipinski definition) is 0. The van der Waals surface area contributed by atoms with E-state index < -0.39 is 0 Å². The number of rotatable bonds is 5. The van der Waals surface area contributed by atoms with Crippen molar-refractivity contribution in [3.05, 3.63) is 58.7 Å². The highest BCUT2D eigenvalue weighted by molar-refractivity contribution is 7.99. The van der Waals surface area contributed by atoms with Gasteiger partial charge in [0.05, 0.1) is 21.3 Å². The van der Waals surface area contributed by atoms with E-state index in [2.05, 4.69) is 15.2 Å². The van der Waals surface area contributed by atoms with Crippen LogP contribution in [0, 0.1) is 13.8 Å². The molecule has 0 fully saturated rings. The van der Waals surface area contributed by atoms with Crippen LogP contribution in [0.15, 0.2) is 47.5 Å². The topological polar surface area (TPSA) is 55.7 Å². The van der Waals surface area contributed by atoms with Gasteiger partial charge in [0.15, 0.2) is 5.78 Å². The highest BCUT2D eigenvalue weighted by Crippen LogP contribution is 2.28. The second kappa shape index (κ2) is 7.02. The number of aryl methyl sites for hydroxylation is 2. The van der Waals surface area contributed by atoms with E-state index in [4.69, 9.17) is 0 Å². The van der Waals surface area contributed by atoms with Gasteiger partial charge in [-0.3, -0.25) is 4.79 Å². The Morgan fingerprint density at radius 2 is 1.87 bits per heavy atom. The number of aromatic nitrogens is 3. The van der Waals surface area contributed by atoms with E-state index in [1.54, 1.807) is 11.3 Å². The molecule has 0 spiro atoms. The summed E-state index contributed by atoms with van der Waals surface area (Å²) >= 11 is 3.02. The SMILES string of the molecule is Cc1nc(C)c(-c2ccc(SCC(=O)c3ccccc3)nn2)s1. The summed E-state index contributed by atoms with van der Waals surface area (Å²) in [5, 5.41) is 10.2. The summed E-state index contributed by atoms with van der Waals surface area (Å²) in [5.41, 5.74) is 2.52. The first-order chi connectivity index (χ1) is 11.1. The van der Waals surface area contributed by atoms with Crippen molar-refractivity contribution in [2.75, 3.05) is 5.75 Å². The quantitative estimate of drug-likeness (QED) is 0.514. The van der Waals surface area contributed by atoms with E-state index in [-0.39, 0.29) is 5.78 Å². The minimum absolute atomic E-state index is 0.0930. The zero-order valence-corrected chi connectivity index (χ0v) is 14.4. The Labute approximate surface area is 143 Å². The van der Waals surface area contributed by atoms with Crippen LogP contribution in [-0.2, 0) is 0 Å². The molecule has 0 saturated carbocycles. The lowest BCUT2D eigenvalue weighted by atomic mass is 10.2. The Balaban J connectivity index is 1.66. The van der Waals surface area contributed by atoms with Crippen molar-refractivity contribution in [1.29, 1.82) is 0 Å². The lowest BCUT2D eigenvalue weighted by Gasteiger charge is -2.02. The Kier molecular flexibility index (Phi) is 4.83. The van der Waals surface area contributed by atoms with Crippen molar-refractivity contribution in [2.24, 2.45) is 0 Å². The predicted octanol–water partition coefficient (Wildman–Crippen LogP) is 4.19. The monoisotopic (exact) mass is 341 g/mol. The molecule has 0 bridgehead atoms. The van der Waals surface area contributed by atoms with Gasteiger partial charge in [0, 0.05) is 5.56 Å². The molecule has 23 heavy (non-hydrogen) atoms. The minimum Gasteiger partial charge on any atom is -0.293 e. The molecule has 0 radical (unpaired) electrons. The van der Waals surface area contributed by atoms with Crippen LogP contribution in [0.25, 0.3) is 10.6 Å². The molecule has 1 aromatic carbocycles. The molecular formula is C17H15N3OS2. The Hall–Kier alpha value is -2.05. The van der Waals surface area contributed by atoms with Gasteiger partial charge in [-0.25, -0.2) is 4.98 Å². The molecule has 0 atom stereocenters. The third-order valence-corrected chi connectivity index (χ3v) is 5.24. The number of benzene rings is 1. The van der Waals surface area contributed by atoms with Gasteiger partial charge < -0.3 is 0 Å². The Morgan fingerprint density at radius 1 is 1.09 bits per heavy atom. The first kappa shape index (κ1) is 15.8. The Morgan fingerprint density at radius 3 is 2.48 bits per heavy atom. The summed E-state index contributed by atoms with van der Waals surface area (Å²) in [7, 11) is 0. The van der Waals surface area contributed by atoms with Crippen molar-refractivity contribution in [2.45, 2.75) is 18.9 Å². The molecule has 0 aliphatic carbocycles. The maximum atomic E-state index is 12.1. The maximum Gasteiger partial charge on any atom is 0.173 e. The third kappa shape index (κ3) is 3.83. The summed E-state index contributed by atoms with van der Waals surface area (Å²) < 4.78 is 0. The molecule has 0 N–H and O–H groups in total. The van der Waals surface area contributed by atoms with Gasteiger partial charge in [0.25, 0.3) is 0 Å². The van der Waals surface area contributed by atoms with Gasteiger partial charge >= 0.3 is 0 Å². The molecule has 0 saturated heterocycles. The smallest absolute Gasteiger partial charge is 0.173 e. The normalized spacial score (nSPS) is 10.7. The zero-order chi connectivity index (χ0) is 16.2. The number of carbonyl (C=O) groups excluding carboxylic acids is 1. The van der Waals surface area contributed by atoms with Crippen molar-refractivity contribution >= 4 is 28.9 Å². The van der Waals surface area contributed by atoms with Crippen molar-refractivity contribution in [1.82, 2.24) is 15.2 Å². The van der Waals surface area contributed by atoms with Gasteiger partial charge in [0.1, 0.15) is 10.7 Å². The number of ketones is 1. The highest BCUT2D eigenvalue weighted by Gasteiger charge is 2.11. The summed E-state index contributed by atoms with van der Waals surface area (Å²) in [6, 6.07) is 13.1.